The molecule has 3 aromatic heterocycles. The van der Waals surface area contributed by atoms with Gasteiger partial charge in [0.25, 0.3) is 0 Å². The van der Waals surface area contributed by atoms with Crippen molar-refractivity contribution >= 4 is 39.3 Å². The van der Waals surface area contributed by atoms with Crippen LogP contribution in [0.2, 0.25) is 0 Å². The van der Waals surface area contributed by atoms with E-state index in [4.69, 9.17) is 9.98 Å². The van der Waals surface area contributed by atoms with Gasteiger partial charge in [-0.2, -0.15) is 0 Å². The average Bonchev–Trinajstić information content (AvgIpc) is 3.41. The van der Waals surface area contributed by atoms with Crippen LogP contribution in [-0.2, 0) is 13.0 Å². The molecular formula is C25H22FIN6. The van der Waals surface area contributed by atoms with Gasteiger partial charge < -0.3 is 4.98 Å². The summed E-state index contributed by atoms with van der Waals surface area (Å²) in [7, 11) is 0. The number of aromatic amines is 1. The predicted molar refractivity (Wildman–Crippen MR) is 136 cm³/mol. The summed E-state index contributed by atoms with van der Waals surface area (Å²) in [6.07, 6.45) is 8.79. The molecule has 1 saturated heterocycles. The van der Waals surface area contributed by atoms with Gasteiger partial charge in [0.1, 0.15) is 5.71 Å². The minimum Gasteiger partial charge on any atom is -0.335 e. The Labute approximate surface area is 204 Å². The molecule has 0 saturated carbocycles. The van der Waals surface area contributed by atoms with Gasteiger partial charge in [-0.15, -0.1) is 0 Å². The molecule has 1 unspecified atom stereocenters. The van der Waals surface area contributed by atoms with Crippen LogP contribution in [0.3, 0.4) is 0 Å². The van der Waals surface area contributed by atoms with Crippen LogP contribution in [0.4, 0.5) is 4.39 Å². The number of nitrogens with zero attached hydrogens (tertiary/aromatic N) is 5. The number of aliphatic imine (C=N–C) groups is 1. The molecule has 0 radical (unpaired) electrons. The Bertz CT molecular complexity index is 1350. The number of H-pyrrole nitrogens is 1. The fourth-order valence-electron chi connectivity index (χ4n) is 4.67. The van der Waals surface area contributed by atoms with Crippen molar-refractivity contribution in [2.75, 3.05) is 19.6 Å². The van der Waals surface area contributed by atoms with Crippen LogP contribution in [0.15, 0.2) is 60.1 Å². The second kappa shape index (κ2) is 8.25. The van der Waals surface area contributed by atoms with E-state index in [-0.39, 0.29) is 0 Å². The summed E-state index contributed by atoms with van der Waals surface area (Å²) in [6.45, 7) is 2.69. The molecule has 166 valence electrons. The van der Waals surface area contributed by atoms with Crippen molar-refractivity contribution < 1.29 is 4.39 Å². The first kappa shape index (κ1) is 20.9. The molecular weight excluding hydrogens is 530 g/mol. The van der Waals surface area contributed by atoms with Gasteiger partial charge in [-0.3, -0.25) is 19.9 Å². The zero-order valence-electron chi connectivity index (χ0n) is 17.9. The van der Waals surface area contributed by atoms with Crippen LogP contribution in [0.25, 0.3) is 22.2 Å². The molecule has 33 heavy (non-hydrogen) atoms. The lowest BCUT2D eigenvalue weighted by Gasteiger charge is -2.18. The largest absolute Gasteiger partial charge is 0.335 e. The highest BCUT2D eigenvalue weighted by Crippen LogP contribution is 2.33. The number of hydrogen-bond acceptors (Lipinski definition) is 5. The standard InChI is InChI=1S/C25H22FIN6/c26-25(27)5-8-33(15-25)14-16-9-19(12-29-11-16)18-2-1-17-3-7-30-23(20(17)10-18)24-31-21-4-6-28-13-22(21)32-24/h1-2,4,6,9-13H,3,5,7-8,14-15H2,(H,31,32). The number of aromatic nitrogens is 4. The van der Waals surface area contributed by atoms with Crippen molar-refractivity contribution in [1.82, 2.24) is 24.8 Å². The molecule has 0 spiro atoms. The Kier molecular flexibility index (Phi) is 5.21. The summed E-state index contributed by atoms with van der Waals surface area (Å²) in [5.74, 6) is 0.769. The summed E-state index contributed by atoms with van der Waals surface area (Å²) >= 11 is 1.92. The van der Waals surface area contributed by atoms with E-state index in [1.54, 1.807) is 12.4 Å². The highest BCUT2D eigenvalue weighted by atomic mass is 127. The molecule has 8 heteroatoms. The van der Waals surface area contributed by atoms with Crippen LogP contribution in [0.5, 0.6) is 0 Å². The molecule has 4 aromatic rings. The molecule has 6 rings (SSSR count). The second-order valence-electron chi connectivity index (χ2n) is 8.73. The van der Waals surface area contributed by atoms with Gasteiger partial charge in [-0.05, 0) is 63.9 Å². The topological polar surface area (TPSA) is 70.1 Å². The van der Waals surface area contributed by atoms with Crippen LogP contribution in [0.1, 0.15) is 28.9 Å². The maximum Gasteiger partial charge on any atom is 0.175 e. The number of benzene rings is 1. The van der Waals surface area contributed by atoms with Gasteiger partial charge in [0, 0.05) is 62.3 Å². The molecule has 0 aliphatic carbocycles. The maximum atomic E-state index is 14.2. The first-order valence-electron chi connectivity index (χ1n) is 11.1. The summed E-state index contributed by atoms with van der Waals surface area (Å²) in [6, 6.07) is 10.6. The first-order chi connectivity index (χ1) is 16.0. The van der Waals surface area contributed by atoms with Gasteiger partial charge in [-0.1, -0.05) is 12.1 Å². The Hall–Kier alpha value is -2.72. The monoisotopic (exact) mass is 552 g/mol. The number of hydrogen-bond donors (Lipinski definition) is 1. The molecule has 1 fully saturated rings. The second-order valence-corrected chi connectivity index (χ2v) is 10.7. The predicted octanol–water partition coefficient (Wildman–Crippen LogP) is 4.72. The minimum atomic E-state index is -1.12. The molecule has 5 heterocycles. The fraction of sp³-hybridized carbons (Fsp3) is 0.280. The van der Waals surface area contributed by atoms with E-state index in [1.807, 2.05) is 41.1 Å². The molecule has 2 aliphatic heterocycles. The molecule has 6 nitrogen and oxygen atoms in total. The molecule has 0 amide bonds. The van der Waals surface area contributed by atoms with Gasteiger partial charge in [-0.25, -0.2) is 9.37 Å². The third kappa shape index (κ3) is 4.17. The average molecular weight is 552 g/mol. The lowest BCUT2D eigenvalue weighted by Crippen LogP contribution is -2.23. The van der Waals surface area contributed by atoms with Gasteiger partial charge >= 0.3 is 0 Å². The van der Waals surface area contributed by atoms with Crippen LogP contribution < -0.4 is 0 Å². The normalized spacial score (nSPS) is 20.7. The Balaban J connectivity index is 1.32. The Morgan fingerprint density at radius 1 is 1.09 bits per heavy atom. The van der Waals surface area contributed by atoms with E-state index in [2.05, 4.69) is 44.1 Å². The number of alkyl halides is 2. The smallest absolute Gasteiger partial charge is 0.175 e. The molecule has 2 aliphatic rings. The van der Waals surface area contributed by atoms with Crippen molar-refractivity contribution in [2.45, 2.75) is 23.1 Å². The number of fused-ring (bicyclic) bond motifs is 2. The van der Waals surface area contributed by atoms with E-state index < -0.39 is 3.68 Å². The number of likely N-dealkylation sites (tertiary alicyclic amines) is 1. The highest BCUT2D eigenvalue weighted by Gasteiger charge is 2.35. The van der Waals surface area contributed by atoms with E-state index in [9.17, 15) is 4.39 Å². The van der Waals surface area contributed by atoms with E-state index in [0.29, 0.717) is 19.5 Å². The third-order valence-corrected chi connectivity index (χ3v) is 7.19. The summed E-state index contributed by atoms with van der Waals surface area (Å²) in [4.78, 5) is 23.7. The van der Waals surface area contributed by atoms with Gasteiger partial charge in [0.2, 0.25) is 0 Å². The quantitative estimate of drug-likeness (QED) is 0.294. The number of rotatable bonds is 4. The van der Waals surface area contributed by atoms with Crippen molar-refractivity contribution in [3.05, 3.63) is 77.6 Å². The highest BCUT2D eigenvalue weighted by molar-refractivity contribution is 14.1. The Morgan fingerprint density at radius 2 is 2.03 bits per heavy atom. The van der Waals surface area contributed by atoms with Gasteiger partial charge in [0.15, 0.2) is 9.50 Å². The lowest BCUT2D eigenvalue weighted by atomic mass is 9.93. The first-order valence-corrected chi connectivity index (χ1v) is 12.1. The summed E-state index contributed by atoms with van der Waals surface area (Å²) in [5.41, 5.74) is 8.28. The number of imidazole rings is 1. The summed E-state index contributed by atoms with van der Waals surface area (Å²) in [5, 5.41) is 0. The van der Waals surface area contributed by atoms with Crippen LogP contribution in [0, 0.1) is 0 Å². The van der Waals surface area contributed by atoms with E-state index >= 15 is 0 Å². The maximum absolute atomic E-state index is 14.2. The number of nitrogens with one attached hydrogen (secondary N) is 1. The van der Waals surface area contributed by atoms with E-state index in [0.717, 1.165) is 64.3 Å². The number of halogens is 2. The van der Waals surface area contributed by atoms with Crippen LogP contribution >= 0.6 is 22.6 Å². The van der Waals surface area contributed by atoms with Crippen molar-refractivity contribution in [3.8, 4) is 11.1 Å². The third-order valence-electron chi connectivity index (χ3n) is 6.31. The number of pyridine rings is 2. The van der Waals surface area contributed by atoms with Crippen molar-refractivity contribution in [2.24, 2.45) is 4.99 Å². The minimum absolute atomic E-state index is 0.462. The SMILES string of the molecule is FC1(I)CCN(Cc2cncc(-c3ccc4c(c3)C(c3nc5ccncc5[nH]3)=NCC4)c2)C1. The van der Waals surface area contributed by atoms with Gasteiger partial charge in [0.05, 0.1) is 17.2 Å². The molecule has 1 N–H and O–H groups in total. The van der Waals surface area contributed by atoms with Crippen molar-refractivity contribution in [1.29, 1.82) is 0 Å². The van der Waals surface area contributed by atoms with E-state index in [1.165, 1.54) is 5.56 Å². The Morgan fingerprint density at radius 3 is 2.88 bits per heavy atom. The molecule has 0 bridgehead atoms. The molecule has 1 atom stereocenters. The fourth-order valence-corrected chi connectivity index (χ4v) is 5.39. The molecule has 1 aromatic carbocycles. The summed E-state index contributed by atoms with van der Waals surface area (Å²) < 4.78 is 13.1. The van der Waals surface area contributed by atoms with Crippen LogP contribution in [-0.4, -0.2) is 53.9 Å². The lowest BCUT2D eigenvalue weighted by molar-refractivity contribution is 0.271. The zero-order valence-corrected chi connectivity index (χ0v) is 20.1. The van der Waals surface area contributed by atoms with Crippen molar-refractivity contribution in [3.63, 3.8) is 0 Å². The zero-order chi connectivity index (χ0) is 22.4.